The van der Waals surface area contributed by atoms with Crippen molar-refractivity contribution in [3.8, 4) is 0 Å². The molecule has 0 bridgehead atoms. The number of piperazine rings is 1. The zero-order valence-electron chi connectivity index (χ0n) is 16.5. The largest absolute Gasteiger partial charge is 0.368 e. The van der Waals surface area contributed by atoms with Gasteiger partial charge in [-0.1, -0.05) is 25.0 Å². The van der Waals surface area contributed by atoms with Gasteiger partial charge >= 0.3 is 0 Å². The topological polar surface area (TPSA) is 78.0 Å². The highest BCUT2D eigenvalue weighted by Crippen LogP contribution is 2.25. The van der Waals surface area contributed by atoms with E-state index in [2.05, 4.69) is 36.9 Å². The molecule has 3 N–H and O–H groups in total. The second-order valence-electron chi connectivity index (χ2n) is 7.39. The average Bonchev–Trinajstić information content (AvgIpc) is 3.24. The molecule has 0 unspecified atom stereocenters. The van der Waals surface area contributed by atoms with Crippen molar-refractivity contribution in [3.63, 3.8) is 0 Å². The molecule has 2 aromatic rings. The molecule has 2 fully saturated rings. The van der Waals surface area contributed by atoms with Gasteiger partial charge in [-0.25, -0.2) is 9.97 Å². The number of aromatic nitrogens is 3. The molecule has 1 aliphatic carbocycles. The highest BCUT2D eigenvalue weighted by Gasteiger charge is 2.17. The van der Waals surface area contributed by atoms with Crippen LogP contribution in [-0.2, 0) is 0 Å². The lowest BCUT2D eigenvalue weighted by atomic mass is 10.2. The minimum absolute atomic E-state index is 0.503. The number of hydrogen-bond acceptors (Lipinski definition) is 7. The van der Waals surface area contributed by atoms with Gasteiger partial charge in [-0.3, -0.25) is 0 Å². The van der Waals surface area contributed by atoms with Crippen LogP contribution in [0.3, 0.4) is 0 Å². The lowest BCUT2D eigenvalue weighted by molar-refractivity contribution is 0.589. The molecule has 4 rings (SSSR count). The molecular weight excluding hydrogens is 350 g/mol. The molecule has 0 radical (unpaired) electrons. The van der Waals surface area contributed by atoms with Crippen molar-refractivity contribution in [1.29, 1.82) is 0 Å². The van der Waals surface area contributed by atoms with Gasteiger partial charge in [-0.2, -0.15) is 4.98 Å². The van der Waals surface area contributed by atoms with Crippen LogP contribution in [0.25, 0.3) is 6.08 Å². The van der Waals surface area contributed by atoms with Crippen LogP contribution in [0, 0.1) is 0 Å². The molecule has 1 saturated heterocycles. The SMILES string of the molecule is C/C=C/c1cnc(Nc2ccc(N3CCNCC3)cn2)nc1NC1CCCC1. The molecule has 1 saturated carbocycles. The molecule has 3 heterocycles. The average molecular weight is 380 g/mol. The first kappa shape index (κ1) is 18.7. The lowest BCUT2D eigenvalue weighted by Gasteiger charge is -2.29. The van der Waals surface area contributed by atoms with Crippen LogP contribution in [-0.4, -0.2) is 47.2 Å². The van der Waals surface area contributed by atoms with Crippen molar-refractivity contribution >= 4 is 29.3 Å². The van der Waals surface area contributed by atoms with Gasteiger partial charge in [0, 0.05) is 44.0 Å². The van der Waals surface area contributed by atoms with Crippen molar-refractivity contribution in [1.82, 2.24) is 20.3 Å². The van der Waals surface area contributed by atoms with Crippen LogP contribution in [0.15, 0.2) is 30.6 Å². The van der Waals surface area contributed by atoms with E-state index in [1.54, 1.807) is 0 Å². The summed E-state index contributed by atoms with van der Waals surface area (Å²) in [5, 5.41) is 10.2. The third-order valence-corrected chi connectivity index (χ3v) is 5.33. The van der Waals surface area contributed by atoms with E-state index in [1.807, 2.05) is 37.5 Å². The fourth-order valence-corrected chi connectivity index (χ4v) is 3.82. The molecule has 2 aromatic heterocycles. The summed E-state index contributed by atoms with van der Waals surface area (Å²) in [5.41, 5.74) is 2.17. The summed E-state index contributed by atoms with van der Waals surface area (Å²) < 4.78 is 0. The number of nitrogens with zero attached hydrogens (tertiary/aromatic N) is 4. The van der Waals surface area contributed by atoms with Crippen LogP contribution < -0.4 is 20.9 Å². The van der Waals surface area contributed by atoms with Gasteiger partial charge in [0.25, 0.3) is 0 Å². The molecule has 148 valence electrons. The Morgan fingerprint density at radius 3 is 2.64 bits per heavy atom. The van der Waals surface area contributed by atoms with Crippen molar-refractivity contribution in [2.75, 3.05) is 41.7 Å². The number of allylic oxidation sites excluding steroid dienone is 1. The first-order valence-electron chi connectivity index (χ1n) is 10.3. The van der Waals surface area contributed by atoms with Gasteiger partial charge in [0.15, 0.2) is 0 Å². The maximum Gasteiger partial charge on any atom is 0.230 e. The molecule has 0 aromatic carbocycles. The molecule has 0 amide bonds. The van der Waals surface area contributed by atoms with E-state index in [9.17, 15) is 0 Å². The third kappa shape index (κ3) is 4.59. The summed E-state index contributed by atoms with van der Waals surface area (Å²) >= 11 is 0. The predicted octanol–water partition coefficient (Wildman–Crippen LogP) is 3.41. The third-order valence-electron chi connectivity index (χ3n) is 5.33. The van der Waals surface area contributed by atoms with Gasteiger partial charge in [0.2, 0.25) is 5.95 Å². The Morgan fingerprint density at radius 1 is 1.11 bits per heavy atom. The lowest BCUT2D eigenvalue weighted by Crippen LogP contribution is -2.43. The Bertz CT molecular complexity index is 791. The van der Waals surface area contributed by atoms with Crippen molar-refractivity contribution in [2.24, 2.45) is 0 Å². The molecule has 28 heavy (non-hydrogen) atoms. The Balaban J connectivity index is 1.47. The van der Waals surface area contributed by atoms with Crippen LogP contribution in [0.5, 0.6) is 0 Å². The van der Waals surface area contributed by atoms with Crippen molar-refractivity contribution < 1.29 is 0 Å². The van der Waals surface area contributed by atoms with E-state index in [4.69, 9.17) is 4.98 Å². The molecule has 7 heteroatoms. The van der Waals surface area contributed by atoms with E-state index >= 15 is 0 Å². The van der Waals surface area contributed by atoms with Crippen LogP contribution in [0.1, 0.15) is 38.2 Å². The van der Waals surface area contributed by atoms with Gasteiger partial charge in [-0.15, -0.1) is 0 Å². The minimum atomic E-state index is 0.503. The Hall–Kier alpha value is -2.67. The second kappa shape index (κ2) is 9.01. The van der Waals surface area contributed by atoms with E-state index in [-0.39, 0.29) is 0 Å². The summed E-state index contributed by atoms with van der Waals surface area (Å²) in [6, 6.07) is 4.60. The molecule has 7 nitrogen and oxygen atoms in total. The smallest absolute Gasteiger partial charge is 0.230 e. The van der Waals surface area contributed by atoms with Gasteiger partial charge in [0.1, 0.15) is 11.6 Å². The predicted molar refractivity (Wildman–Crippen MR) is 115 cm³/mol. The summed E-state index contributed by atoms with van der Waals surface area (Å²) in [4.78, 5) is 16.1. The van der Waals surface area contributed by atoms with E-state index in [0.29, 0.717) is 12.0 Å². The second-order valence-corrected chi connectivity index (χ2v) is 7.39. The summed E-state index contributed by atoms with van der Waals surface area (Å²) in [7, 11) is 0. The first-order valence-corrected chi connectivity index (χ1v) is 10.3. The highest BCUT2D eigenvalue weighted by molar-refractivity contribution is 5.65. The fourth-order valence-electron chi connectivity index (χ4n) is 3.82. The highest BCUT2D eigenvalue weighted by atomic mass is 15.2. The molecular formula is C21H29N7. The van der Waals surface area contributed by atoms with Gasteiger partial charge in [-0.05, 0) is 31.9 Å². The monoisotopic (exact) mass is 379 g/mol. The Kier molecular flexibility index (Phi) is 6.01. The molecule has 0 atom stereocenters. The zero-order valence-corrected chi connectivity index (χ0v) is 16.5. The van der Waals surface area contributed by atoms with E-state index in [1.165, 1.54) is 25.7 Å². The maximum absolute atomic E-state index is 4.72. The standard InChI is InChI=1S/C21H29N7/c1-2-5-16-14-24-21(27-20(16)25-17-6-3-4-7-17)26-19-9-8-18(15-23-19)28-12-10-22-11-13-28/h2,5,8-9,14-15,17,22H,3-4,6-7,10-13H2,1H3,(H2,23,24,25,26,27)/b5-2+. The van der Waals surface area contributed by atoms with Crippen LogP contribution in [0.2, 0.25) is 0 Å². The van der Waals surface area contributed by atoms with E-state index in [0.717, 1.165) is 49.1 Å². The molecule has 2 aliphatic rings. The fraction of sp³-hybridized carbons (Fsp3) is 0.476. The molecule has 0 spiro atoms. The van der Waals surface area contributed by atoms with Gasteiger partial charge < -0.3 is 20.9 Å². The minimum Gasteiger partial charge on any atom is -0.368 e. The summed E-state index contributed by atoms with van der Waals surface area (Å²) in [6.07, 6.45) is 12.8. The van der Waals surface area contributed by atoms with Crippen LogP contribution in [0.4, 0.5) is 23.3 Å². The van der Waals surface area contributed by atoms with Crippen molar-refractivity contribution in [2.45, 2.75) is 38.6 Å². The normalized spacial score (nSPS) is 18.0. The quantitative estimate of drug-likeness (QED) is 0.710. The number of anilines is 4. The molecule has 1 aliphatic heterocycles. The van der Waals surface area contributed by atoms with Crippen LogP contribution >= 0.6 is 0 Å². The summed E-state index contributed by atoms with van der Waals surface area (Å²) in [5.74, 6) is 2.21. The van der Waals surface area contributed by atoms with Gasteiger partial charge in [0.05, 0.1) is 11.9 Å². The number of pyridine rings is 1. The maximum atomic E-state index is 4.72. The number of nitrogens with one attached hydrogen (secondary N) is 3. The van der Waals surface area contributed by atoms with Crippen molar-refractivity contribution in [3.05, 3.63) is 36.2 Å². The number of rotatable bonds is 6. The first-order chi connectivity index (χ1) is 13.8. The van der Waals surface area contributed by atoms with E-state index < -0.39 is 0 Å². The Morgan fingerprint density at radius 2 is 1.93 bits per heavy atom. The zero-order chi connectivity index (χ0) is 19.2. The Labute approximate surface area is 166 Å². The summed E-state index contributed by atoms with van der Waals surface area (Å²) in [6.45, 7) is 6.07. The number of hydrogen-bond donors (Lipinski definition) is 3.